The third kappa shape index (κ3) is 3.41. The molecular weight excluding hydrogens is 250 g/mol. The predicted molar refractivity (Wildman–Crippen MR) is 71.1 cm³/mol. The van der Waals surface area contributed by atoms with Crippen molar-refractivity contribution in [2.75, 3.05) is 13.1 Å². The van der Waals surface area contributed by atoms with Crippen LogP contribution < -0.4 is 0 Å². The lowest BCUT2D eigenvalue weighted by Gasteiger charge is -2.29. The Morgan fingerprint density at radius 2 is 2.44 bits per heavy atom. The van der Waals surface area contributed by atoms with Gasteiger partial charge in [0.05, 0.1) is 12.7 Å². The van der Waals surface area contributed by atoms with Gasteiger partial charge < -0.3 is 15.1 Å². The molecule has 4 nitrogen and oxygen atoms in total. The monoisotopic (exact) mass is 267 g/mol. The van der Waals surface area contributed by atoms with Crippen LogP contribution in [0.1, 0.15) is 23.3 Å². The zero-order valence-electron chi connectivity index (χ0n) is 10.1. The van der Waals surface area contributed by atoms with Gasteiger partial charge in [0.1, 0.15) is 0 Å². The fourth-order valence-corrected chi connectivity index (χ4v) is 2.77. The first kappa shape index (κ1) is 13.3. The van der Waals surface area contributed by atoms with E-state index in [4.69, 9.17) is 5.11 Å². The van der Waals surface area contributed by atoms with Crippen molar-refractivity contribution in [2.45, 2.75) is 25.6 Å². The normalized spacial score (nSPS) is 20.6. The molecule has 0 aliphatic carbocycles. The first-order valence-corrected chi connectivity index (χ1v) is 6.90. The summed E-state index contributed by atoms with van der Waals surface area (Å²) >= 11 is 1.50. The van der Waals surface area contributed by atoms with Gasteiger partial charge in [-0.1, -0.05) is 0 Å². The van der Waals surface area contributed by atoms with Gasteiger partial charge in [-0.15, -0.1) is 11.3 Å². The van der Waals surface area contributed by atoms with Crippen LogP contribution in [0.5, 0.6) is 0 Å². The van der Waals surface area contributed by atoms with Gasteiger partial charge >= 0.3 is 0 Å². The van der Waals surface area contributed by atoms with Gasteiger partial charge in [0.15, 0.2) is 0 Å². The largest absolute Gasteiger partial charge is 0.392 e. The molecule has 1 unspecified atom stereocenters. The zero-order valence-corrected chi connectivity index (χ0v) is 10.9. The van der Waals surface area contributed by atoms with E-state index in [1.54, 1.807) is 11.0 Å². The number of carbonyl (C=O) groups is 1. The number of aliphatic hydroxyl groups is 2. The Morgan fingerprint density at radius 1 is 1.61 bits per heavy atom. The number of aliphatic hydroxyl groups excluding tert-OH is 2. The van der Waals surface area contributed by atoms with Crippen molar-refractivity contribution in [1.82, 2.24) is 4.90 Å². The van der Waals surface area contributed by atoms with Gasteiger partial charge in [0, 0.05) is 24.0 Å². The Bertz CT molecular complexity index is 441. The van der Waals surface area contributed by atoms with Crippen LogP contribution >= 0.6 is 11.3 Å². The summed E-state index contributed by atoms with van der Waals surface area (Å²) in [5.74, 6) is -0.0623. The average Bonchev–Trinajstić information content (AvgIpc) is 2.84. The van der Waals surface area contributed by atoms with E-state index in [0.717, 1.165) is 23.3 Å². The number of piperidine rings is 1. The summed E-state index contributed by atoms with van der Waals surface area (Å²) in [7, 11) is 0. The second-order valence-electron chi connectivity index (χ2n) is 4.43. The SMILES string of the molecule is O=C(C=Cc1cc(CO)cs1)N1CCCC(O)C1. The first-order valence-electron chi connectivity index (χ1n) is 6.02. The van der Waals surface area contributed by atoms with Crippen molar-refractivity contribution >= 4 is 23.3 Å². The number of nitrogens with zero attached hydrogens (tertiary/aromatic N) is 1. The van der Waals surface area contributed by atoms with Crippen LogP contribution in [0.25, 0.3) is 6.08 Å². The molecule has 2 heterocycles. The van der Waals surface area contributed by atoms with E-state index in [1.165, 1.54) is 17.4 Å². The third-order valence-electron chi connectivity index (χ3n) is 2.95. The van der Waals surface area contributed by atoms with Gasteiger partial charge in [-0.2, -0.15) is 0 Å². The summed E-state index contributed by atoms with van der Waals surface area (Å²) in [4.78, 5) is 14.5. The highest BCUT2D eigenvalue weighted by Crippen LogP contribution is 2.17. The highest BCUT2D eigenvalue weighted by Gasteiger charge is 2.20. The van der Waals surface area contributed by atoms with Crippen molar-refractivity contribution in [3.05, 3.63) is 28.0 Å². The molecule has 98 valence electrons. The molecule has 18 heavy (non-hydrogen) atoms. The summed E-state index contributed by atoms with van der Waals surface area (Å²) in [5, 5.41) is 20.3. The lowest BCUT2D eigenvalue weighted by atomic mass is 10.1. The number of β-amino-alcohol motifs (C(OH)–C–C–N with tert-alkyl or cyclic N) is 1. The van der Waals surface area contributed by atoms with Crippen LogP contribution in [0.4, 0.5) is 0 Å². The molecule has 5 heteroatoms. The van der Waals surface area contributed by atoms with Gasteiger partial charge in [0.25, 0.3) is 0 Å². The highest BCUT2D eigenvalue weighted by atomic mass is 32.1. The predicted octanol–water partition coefficient (Wildman–Crippen LogP) is 1.24. The molecule has 1 aliphatic heterocycles. The quantitative estimate of drug-likeness (QED) is 0.810. The van der Waals surface area contributed by atoms with Gasteiger partial charge in [-0.05, 0) is 35.9 Å². The topological polar surface area (TPSA) is 60.8 Å². The standard InChI is InChI=1S/C13H17NO3S/c15-8-10-6-12(18-9-10)3-4-13(17)14-5-1-2-11(16)7-14/h3-4,6,9,11,15-16H,1-2,5,7-8H2. The van der Waals surface area contributed by atoms with Crippen molar-refractivity contribution < 1.29 is 15.0 Å². The minimum Gasteiger partial charge on any atom is -0.392 e. The Balaban J connectivity index is 1.93. The maximum atomic E-state index is 11.9. The molecule has 1 amide bonds. The molecule has 0 saturated carbocycles. The maximum Gasteiger partial charge on any atom is 0.246 e. The van der Waals surface area contributed by atoms with Crippen LogP contribution in [0.15, 0.2) is 17.5 Å². The molecule has 1 saturated heterocycles. The lowest BCUT2D eigenvalue weighted by Crippen LogP contribution is -2.41. The molecule has 0 radical (unpaired) electrons. The Kier molecular flexibility index (Phi) is 4.52. The molecule has 2 N–H and O–H groups in total. The third-order valence-corrected chi connectivity index (χ3v) is 3.90. The van der Waals surface area contributed by atoms with E-state index >= 15 is 0 Å². The fourth-order valence-electron chi connectivity index (χ4n) is 1.98. The summed E-state index contributed by atoms with van der Waals surface area (Å²) in [6, 6.07) is 1.86. The number of likely N-dealkylation sites (tertiary alicyclic amines) is 1. The van der Waals surface area contributed by atoms with Crippen molar-refractivity contribution in [3.8, 4) is 0 Å². The van der Waals surface area contributed by atoms with Crippen LogP contribution in [-0.2, 0) is 11.4 Å². The average molecular weight is 267 g/mol. The van der Waals surface area contributed by atoms with Crippen molar-refractivity contribution in [2.24, 2.45) is 0 Å². The molecule has 1 aromatic heterocycles. The Labute approximate surface area is 110 Å². The first-order chi connectivity index (χ1) is 8.69. The van der Waals surface area contributed by atoms with E-state index in [1.807, 2.05) is 11.4 Å². The molecular formula is C13H17NO3S. The number of amides is 1. The van der Waals surface area contributed by atoms with Crippen molar-refractivity contribution in [3.63, 3.8) is 0 Å². The van der Waals surface area contributed by atoms with Gasteiger partial charge in [0.2, 0.25) is 5.91 Å². The van der Waals surface area contributed by atoms with E-state index < -0.39 is 0 Å². The van der Waals surface area contributed by atoms with E-state index in [9.17, 15) is 9.90 Å². The Morgan fingerprint density at radius 3 is 3.11 bits per heavy atom. The summed E-state index contributed by atoms with van der Waals surface area (Å²) in [6.45, 7) is 1.17. The van der Waals surface area contributed by atoms with Gasteiger partial charge in [-0.25, -0.2) is 0 Å². The van der Waals surface area contributed by atoms with Crippen molar-refractivity contribution in [1.29, 1.82) is 0 Å². The summed E-state index contributed by atoms with van der Waals surface area (Å²) in [6.07, 6.45) is 4.53. The molecule has 0 bridgehead atoms. The molecule has 0 aromatic carbocycles. The van der Waals surface area contributed by atoms with Gasteiger partial charge in [-0.3, -0.25) is 4.79 Å². The Hall–Kier alpha value is -1.17. The summed E-state index contributed by atoms with van der Waals surface area (Å²) in [5.41, 5.74) is 0.862. The lowest BCUT2D eigenvalue weighted by molar-refractivity contribution is -0.128. The molecule has 1 fully saturated rings. The molecule has 0 spiro atoms. The van der Waals surface area contributed by atoms with E-state index in [-0.39, 0.29) is 18.6 Å². The second-order valence-corrected chi connectivity index (χ2v) is 5.37. The molecule has 1 aliphatic rings. The summed E-state index contributed by atoms with van der Waals surface area (Å²) < 4.78 is 0. The van der Waals surface area contributed by atoms with E-state index in [0.29, 0.717) is 13.1 Å². The highest BCUT2D eigenvalue weighted by molar-refractivity contribution is 7.11. The smallest absolute Gasteiger partial charge is 0.246 e. The molecule has 1 atom stereocenters. The number of thiophene rings is 1. The minimum absolute atomic E-state index is 0.0244. The second kappa shape index (κ2) is 6.13. The number of rotatable bonds is 3. The number of carbonyl (C=O) groups excluding carboxylic acids is 1. The van der Waals surface area contributed by atoms with E-state index in [2.05, 4.69) is 0 Å². The zero-order chi connectivity index (χ0) is 13.0. The van der Waals surface area contributed by atoms with Crippen LogP contribution in [0, 0.1) is 0 Å². The number of hydrogen-bond acceptors (Lipinski definition) is 4. The van der Waals surface area contributed by atoms with Crippen LogP contribution in [0.2, 0.25) is 0 Å². The van der Waals surface area contributed by atoms with Crippen LogP contribution in [0.3, 0.4) is 0 Å². The molecule has 2 rings (SSSR count). The fraction of sp³-hybridized carbons (Fsp3) is 0.462. The number of hydrogen-bond donors (Lipinski definition) is 2. The van der Waals surface area contributed by atoms with Crippen LogP contribution in [-0.4, -0.2) is 40.2 Å². The maximum absolute atomic E-state index is 11.9. The minimum atomic E-state index is -0.390. The molecule has 1 aromatic rings.